The second kappa shape index (κ2) is 8.43. The number of aromatic nitrogens is 1. The molecule has 1 aromatic heterocycles. The number of nitrogens with zero attached hydrogens (tertiary/aromatic N) is 1. The van der Waals surface area contributed by atoms with E-state index in [9.17, 15) is 14.0 Å². The Morgan fingerprint density at radius 3 is 2.75 bits per heavy atom. The van der Waals surface area contributed by atoms with Crippen LogP contribution >= 0.6 is 11.8 Å². The van der Waals surface area contributed by atoms with E-state index in [0.29, 0.717) is 16.9 Å². The summed E-state index contributed by atoms with van der Waals surface area (Å²) in [5.74, 6) is -1.42. The quantitative estimate of drug-likeness (QED) is 0.537. The van der Waals surface area contributed by atoms with Gasteiger partial charge in [0.05, 0.1) is 11.6 Å². The van der Waals surface area contributed by atoms with Gasteiger partial charge >= 0.3 is 0 Å². The van der Waals surface area contributed by atoms with Crippen molar-refractivity contribution in [1.29, 1.82) is 0 Å². The fourth-order valence-corrected chi connectivity index (χ4v) is 4.79. The molecule has 0 fully saturated rings. The van der Waals surface area contributed by atoms with E-state index < -0.39 is 5.92 Å². The van der Waals surface area contributed by atoms with Crippen molar-refractivity contribution in [3.05, 3.63) is 95.4 Å². The van der Waals surface area contributed by atoms with Crippen LogP contribution in [0.3, 0.4) is 0 Å². The molecule has 0 saturated carbocycles. The Bertz CT molecular complexity index is 1290. The topological polar surface area (TPSA) is 71.1 Å². The summed E-state index contributed by atoms with van der Waals surface area (Å²) in [5.41, 5.74) is 3.60. The zero-order valence-corrected chi connectivity index (χ0v) is 17.7. The van der Waals surface area contributed by atoms with Crippen molar-refractivity contribution in [2.75, 3.05) is 10.6 Å². The fraction of sp³-hybridized carbons (Fsp3) is 0.0800. The maximum absolute atomic E-state index is 13.7. The lowest BCUT2D eigenvalue weighted by Crippen LogP contribution is -2.23. The Balaban J connectivity index is 1.38. The van der Waals surface area contributed by atoms with Gasteiger partial charge in [0.2, 0.25) is 5.91 Å². The third-order valence-electron chi connectivity index (χ3n) is 5.35. The molecule has 7 heteroatoms. The highest BCUT2D eigenvalue weighted by molar-refractivity contribution is 8.03. The molecule has 2 heterocycles. The van der Waals surface area contributed by atoms with Gasteiger partial charge in [-0.05, 0) is 65.7 Å². The molecule has 1 unspecified atom stereocenters. The highest BCUT2D eigenvalue weighted by atomic mass is 32.2. The summed E-state index contributed by atoms with van der Waals surface area (Å²) < 4.78 is 13.7. The summed E-state index contributed by atoms with van der Waals surface area (Å²) >= 11 is 1.42. The van der Waals surface area contributed by atoms with E-state index in [1.807, 2.05) is 36.4 Å². The Labute approximate surface area is 188 Å². The molecule has 0 bridgehead atoms. The van der Waals surface area contributed by atoms with Gasteiger partial charge < -0.3 is 10.6 Å². The lowest BCUT2D eigenvalue weighted by molar-refractivity contribution is -0.118. The lowest BCUT2D eigenvalue weighted by atomic mass is 9.98. The summed E-state index contributed by atoms with van der Waals surface area (Å²) in [6.07, 6.45) is 6.55. The average molecular weight is 444 g/mol. The Morgan fingerprint density at radius 1 is 1.06 bits per heavy atom. The van der Waals surface area contributed by atoms with Crippen LogP contribution in [-0.4, -0.2) is 16.8 Å². The molecule has 0 saturated heterocycles. The number of anilines is 2. The second-order valence-corrected chi connectivity index (χ2v) is 8.63. The molecule has 2 amide bonds. The fourth-order valence-electron chi connectivity index (χ4n) is 3.71. The predicted molar refractivity (Wildman–Crippen MR) is 124 cm³/mol. The van der Waals surface area contributed by atoms with Gasteiger partial charge in [0.25, 0.3) is 5.91 Å². The summed E-state index contributed by atoms with van der Waals surface area (Å²) in [6.45, 7) is 0. The molecule has 5 nitrogen and oxygen atoms in total. The van der Waals surface area contributed by atoms with E-state index in [2.05, 4.69) is 15.6 Å². The van der Waals surface area contributed by atoms with Crippen LogP contribution in [0.15, 0.2) is 94.8 Å². The molecule has 1 atom stereocenters. The number of fused-ring (bicyclic) bond motifs is 2. The standard InChI is InChI=1S/C25H18FN3O2S/c26-18-5-7-22-20(14-18)25(31)29-21-13-17(4-6-23(21)32-22)24(30)28-19-3-1-2-16(12-19)15-8-10-27-11-9-15/h1-13,20H,14H2,(H,28,30)(H,29,31). The monoisotopic (exact) mass is 443 g/mol. The van der Waals surface area contributed by atoms with E-state index >= 15 is 0 Å². The van der Waals surface area contributed by atoms with Crippen LogP contribution in [0.5, 0.6) is 0 Å². The van der Waals surface area contributed by atoms with Gasteiger partial charge in [-0.3, -0.25) is 14.6 Å². The summed E-state index contributed by atoms with van der Waals surface area (Å²) in [4.78, 5) is 31.2. The molecular weight excluding hydrogens is 425 g/mol. The number of rotatable bonds is 3. The van der Waals surface area contributed by atoms with E-state index in [1.165, 1.54) is 17.8 Å². The number of allylic oxidation sites excluding steroid dienone is 3. The number of hydrogen-bond donors (Lipinski definition) is 2. The second-order valence-electron chi connectivity index (χ2n) is 7.51. The Kier molecular flexibility index (Phi) is 5.33. The number of thioether (sulfide) groups is 1. The van der Waals surface area contributed by atoms with Crippen molar-refractivity contribution in [3.8, 4) is 11.1 Å². The first-order valence-corrected chi connectivity index (χ1v) is 10.9. The summed E-state index contributed by atoms with van der Waals surface area (Å²) in [6, 6.07) is 16.6. The summed E-state index contributed by atoms with van der Waals surface area (Å²) in [7, 11) is 0. The number of pyridine rings is 1. The minimum Gasteiger partial charge on any atom is -0.324 e. The van der Waals surface area contributed by atoms with Crippen LogP contribution in [0, 0.1) is 5.92 Å². The number of halogens is 1. The zero-order chi connectivity index (χ0) is 22.1. The van der Waals surface area contributed by atoms with E-state index in [4.69, 9.17) is 0 Å². The third kappa shape index (κ3) is 4.07. The van der Waals surface area contributed by atoms with Crippen LogP contribution in [0.4, 0.5) is 15.8 Å². The van der Waals surface area contributed by atoms with E-state index in [0.717, 1.165) is 20.9 Å². The van der Waals surface area contributed by atoms with Gasteiger partial charge in [0.15, 0.2) is 0 Å². The Hall–Kier alpha value is -3.71. The zero-order valence-electron chi connectivity index (χ0n) is 16.8. The van der Waals surface area contributed by atoms with Gasteiger partial charge in [-0.25, -0.2) is 4.39 Å². The maximum Gasteiger partial charge on any atom is 0.255 e. The van der Waals surface area contributed by atoms with Gasteiger partial charge in [0.1, 0.15) is 5.83 Å². The average Bonchev–Trinajstić information content (AvgIpc) is 2.95. The first kappa shape index (κ1) is 20.2. The molecule has 2 aromatic carbocycles. The first-order chi connectivity index (χ1) is 15.6. The minimum absolute atomic E-state index is 0.0554. The molecule has 0 spiro atoms. The molecule has 5 rings (SSSR count). The molecule has 3 aromatic rings. The number of carbonyl (C=O) groups excluding carboxylic acids is 2. The highest BCUT2D eigenvalue weighted by Gasteiger charge is 2.31. The van der Waals surface area contributed by atoms with E-state index in [1.54, 1.807) is 36.7 Å². The molecule has 2 N–H and O–H groups in total. The van der Waals surface area contributed by atoms with Gasteiger partial charge in [-0.1, -0.05) is 23.9 Å². The van der Waals surface area contributed by atoms with Crippen molar-refractivity contribution in [3.63, 3.8) is 0 Å². The lowest BCUT2D eigenvalue weighted by Gasteiger charge is -2.17. The van der Waals surface area contributed by atoms with Crippen molar-refractivity contribution >= 4 is 35.0 Å². The van der Waals surface area contributed by atoms with Gasteiger partial charge in [-0.15, -0.1) is 0 Å². The van der Waals surface area contributed by atoms with Crippen LogP contribution in [-0.2, 0) is 4.79 Å². The predicted octanol–water partition coefficient (Wildman–Crippen LogP) is 5.80. The SMILES string of the molecule is O=C(Nc1cccc(-c2ccncc2)c1)c1ccc2c(c1)NC(=O)C1CC(F)=CC=C1S2. The Morgan fingerprint density at radius 2 is 1.91 bits per heavy atom. The van der Waals surface area contributed by atoms with Crippen molar-refractivity contribution in [2.45, 2.75) is 11.3 Å². The largest absolute Gasteiger partial charge is 0.324 e. The van der Waals surface area contributed by atoms with Crippen molar-refractivity contribution < 1.29 is 14.0 Å². The molecule has 2 aliphatic rings. The number of benzene rings is 2. The van der Waals surface area contributed by atoms with Crippen molar-refractivity contribution in [2.24, 2.45) is 5.92 Å². The summed E-state index contributed by atoms with van der Waals surface area (Å²) in [5, 5.41) is 5.77. The van der Waals surface area contributed by atoms with E-state index in [-0.39, 0.29) is 24.1 Å². The molecule has 32 heavy (non-hydrogen) atoms. The van der Waals surface area contributed by atoms with Gasteiger partial charge in [0, 0.05) is 39.9 Å². The van der Waals surface area contributed by atoms with Crippen LogP contribution in [0.1, 0.15) is 16.8 Å². The van der Waals surface area contributed by atoms with Crippen molar-refractivity contribution in [1.82, 2.24) is 4.98 Å². The van der Waals surface area contributed by atoms with Crippen LogP contribution < -0.4 is 10.6 Å². The minimum atomic E-state index is -0.550. The first-order valence-electron chi connectivity index (χ1n) is 10.1. The number of nitrogens with one attached hydrogen (secondary N) is 2. The molecule has 158 valence electrons. The molecular formula is C25H18FN3O2S. The molecule has 1 aliphatic heterocycles. The molecule has 1 aliphatic carbocycles. The van der Waals surface area contributed by atoms with Gasteiger partial charge in [-0.2, -0.15) is 0 Å². The number of hydrogen-bond acceptors (Lipinski definition) is 4. The third-order valence-corrected chi connectivity index (χ3v) is 6.58. The van der Waals surface area contributed by atoms with Crippen LogP contribution in [0.25, 0.3) is 11.1 Å². The highest BCUT2D eigenvalue weighted by Crippen LogP contribution is 2.44. The number of carbonyl (C=O) groups is 2. The number of amides is 2. The smallest absolute Gasteiger partial charge is 0.255 e. The maximum atomic E-state index is 13.7. The normalized spacial score (nSPS) is 17.2. The van der Waals surface area contributed by atoms with Crippen LogP contribution in [0.2, 0.25) is 0 Å². The molecule has 0 radical (unpaired) electrons.